The van der Waals surface area contributed by atoms with Crippen molar-refractivity contribution in [1.29, 1.82) is 0 Å². The largest absolute Gasteiger partial charge is 0.345 e. The first-order chi connectivity index (χ1) is 8.06. The molecule has 0 bridgehead atoms. The first kappa shape index (κ1) is 12.1. The number of nitrogens with two attached hydrogens (primary N) is 1. The Morgan fingerprint density at radius 3 is 2.71 bits per heavy atom. The molecule has 0 saturated heterocycles. The summed E-state index contributed by atoms with van der Waals surface area (Å²) in [4.78, 5) is 11.5. The molecule has 3 nitrogen and oxygen atoms in total. The Morgan fingerprint density at radius 1 is 1.47 bits per heavy atom. The summed E-state index contributed by atoms with van der Waals surface area (Å²) in [5, 5.41) is 3.10. The average Bonchev–Trinajstić information content (AvgIpc) is 2.61. The fraction of sp³-hybridized carbons (Fsp3) is 0.500. The second-order valence-corrected chi connectivity index (χ2v) is 4.97. The maximum Gasteiger partial charge on any atom is 0.217 e. The van der Waals surface area contributed by atoms with Crippen molar-refractivity contribution in [3.63, 3.8) is 0 Å². The van der Waals surface area contributed by atoms with Crippen LogP contribution < -0.4 is 11.1 Å². The predicted molar refractivity (Wildman–Crippen MR) is 68.5 cm³/mol. The van der Waals surface area contributed by atoms with E-state index >= 15 is 0 Å². The van der Waals surface area contributed by atoms with Gasteiger partial charge in [0.25, 0.3) is 0 Å². The Morgan fingerprint density at radius 2 is 2.18 bits per heavy atom. The molecule has 2 rings (SSSR count). The Hall–Kier alpha value is -1.35. The zero-order valence-corrected chi connectivity index (χ0v) is 10.5. The van der Waals surface area contributed by atoms with Crippen LogP contribution in [0.25, 0.3) is 0 Å². The lowest BCUT2D eigenvalue weighted by Crippen LogP contribution is -2.54. The second-order valence-electron chi connectivity index (χ2n) is 4.97. The van der Waals surface area contributed by atoms with Crippen LogP contribution >= 0.6 is 0 Å². The first-order valence-electron chi connectivity index (χ1n) is 6.17. The van der Waals surface area contributed by atoms with Gasteiger partial charge in [0.2, 0.25) is 5.91 Å². The Labute approximate surface area is 102 Å². The number of benzene rings is 1. The number of amides is 1. The molecule has 1 fully saturated rings. The molecule has 1 aliphatic rings. The molecule has 1 saturated carbocycles. The SMILES string of the molecule is CC(=O)NC1(c2ccccc2C)CCCC1N. The van der Waals surface area contributed by atoms with Crippen molar-refractivity contribution in [1.82, 2.24) is 5.32 Å². The lowest BCUT2D eigenvalue weighted by molar-refractivity contribution is -0.121. The molecule has 0 heterocycles. The summed E-state index contributed by atoms with van der Waals surface area (Å²) in [6.07, 6.45) is 2.96. The van der Waals surface area contributed by atoms with Crippen LogP contribution in [0.5, 0.6) is 0 Å². The molecule has 0 aliphatic heterocycles. The van der Waals surface area contributed by atoms with Crippen LogP contribution in [0.3, 0.4) is 0 Å². The molecule has 3 heteroatoms. The average molecular weight is 232 g/mol. The minimum atomic E-state index is -0.364. The van der Waals surface area contributed by atoms with Crippen molar-refractivity contribution in [2.45, 2.75) is 44.7 Å². The minimum Gasteiger partial charge on any atom is -0.345 e. The third kappa shape index (κ3) is 2.07. The maximum atomic E-state index is 11.5. The molecule has 2 unspecified atom stereocenters. The van der Waals surface area contributed by atoms with E-state index in [2.05, 4.69) is 24.4 Å². The second kappa shape index (κ2) is 4.49. The topological polar surface area (TPSA) is 55.1 Å². The summed E-state index contributed by atoms with van der Waals surface area (Å²) in [5.74, 6) is -0.00870. The fourth-order valence-electron chi connectivity index (χ4n) is 2.98. The number of rotatable bonds is 2. The summed E-state index contributed by atoms with van der Waals surface area (Å²) < 4.78 is 0. The van der Waals surface area contributed by atoms with Gasteiger partial charge in [-0.05, 0) is 37.3 Å². The van der Waals surface area contributed by atoms with Gasteiger partial charge in [0.1, 0.15) is 0 Å². The number of nitrogens with one attached hydrogen (secondary N) is 1. The van der Waals surface area contributed by atoms with Crippen molar-refractivity contribution in [3.05, 3.63) is 35.4 Å². The first-order valence-corrected chi connectivity index (χ1v) is 6.17. The van der Waals surface area contributed by atoms with Gasteiger partial charge in [-0.2, -0.15) is 0 Å². The summed E-state index contributed by atoms with van der Waals surface area (Å²) in [6.45, 7) is 3.63. The molecule has 92 valence electrons. The monoisotopic (exact) mass is 232 g/mol. The molecule has 3 N–H and O–H groups in total. The van der Waals surface area contributed by atoms with E-state index in [0.717, 1.165) is 19.3 Å². The maximum absolute atomic E-state index is 11.5. The van der Waals surface area contributed by atoms with E-state index in [0.29, 0.717) is 0 Å². The molecular formula is C14H20N2O. The van der Waals surface area contributed by atoms with Gasteiger partial charge in [-0.1, -0.05) is 24.3 Å². The quantitative estimate of drug-likeness (QED) is 0.817. The van der Waals surface area contributed by atoms with Crippen LogP contribution in [0.2, 0.25) is 0 Å². The van der Waals surface area contributed by atoms with Gasteiger partial charge in [0.05, 0.1) is 5.54 Å². The number of hydrogen-bond acceptors (Lipinski definition) is 2. The van der Waals surface area contributed by atoms with Gasteiger partial charge in [0, 0.05) is 13.0 Å². The molecule has 1 aromatic carbocycles. The number of hydrogen-bond donors (Lipinski definition) is 2. The normalized spacial score (nSPS) is 28.1. The Bertz CT molecular complexity index is 430. The van der Waals surface area contributed by atoms with Crippen LogP contribution in [0.1, 0.15) is 37.3 Å². The molecule has 0 radical (unpaired) electrons. The van der Waals surface area contributed by atoms with Crippen LogP contribution in [-0.4, -0.2) is 11.9 Å². The standard InChI is InChI=1S/C14H20N2O/c1-10-6-3-4-7-12(10)14(16-11(2)17)9-5-8-13(14)15/h3-4,6-7,13H,5,8-9,15H2,1-2H3,(H,16,17). The van der Waals surface area contributed by atoms with Crippen LogP contribution in [-0.2, 0) is 10.3 Å². The number of carbonyl (C=O) groups excluding carboxylic acids is 1. The zero-order valence-electron chi connectivity index (χ0n) is 10.5. The van der Waals surface area contributed by atoms with Gasteiger partial charge in [-0.15, -0.1) is 0 Å². The molecule has 2 atom stereocenters. The highest BCUT2D eigenvalue weighted by Crippen LogP contribution is 2.39. The summed E-state index contributed by atoms with van der Waals surface area (Å²) in [7, 11) is 0. The van der Waals surface area contributed by atoms with E-state index in [4.69, 9.17) is 5.73 Å². The highest BCUT2D eigenvalue weighted by molar-refractivity contribution is 5.74. The van der Waals surface area contributed by atoms with Crippen molar-refractivity contribution >= 4 is 5.91 Å². The van der Waals surface area contributed by atoms with Crippen LogP contribution in [0.4, 0.5) is 0 Å². The molecule has 1 aromatic rings. The molecule has 1 aliphatic carbocycles. The summed E-state index contributed by atoms with van der Waals surface area (Å²) >= 11 is 0. The van der Waals surface area contributed by atoms with Crippen molar-refractivity contribution in [2.75, 3.05) is 0 Å². The van der Waals surface area contributed by atoms with E-state index in [9.17, 15) is 4.79 Å². The molecule has 17 heavy (non-hydrogen) atoms. The Balaban J connectivity index is 2.47. The van der Waals surface area contributed by atoms with Gasteiger partial charge in [0.15, 0.2) is 0 Å². The van der Waals surface area contributed by atoms with Crippen LogP contribution in [0.15, 0.2) is 24.3 Å². The van der Waals surface area contributed by atoms with E-state index < -0.39 is 0 Å². The third-order valence-corrected chi connectivity index (χ3v) is 3.74. The van der Waals surface area contributed by atoms with Crippen LogP contribution in [0, 0.1) is 6.92 Å². The van der Waals surface area contributed by atoms with Crippen molar-refractivity contribution in [2.24, 2.45) is 5.73 Å². The Kier molecular flexibility index (Phi) is 3.20. The molecule has 0 aromatic heterocycles. The molecule has 0 spiro atoms. The van der Waals surface area contributed by atoms with Gasteiger partial charge < -0.3 is 11.1 Å². The number of aryl methyl sites for hydroxylation is 1. The predicted octanol–water partition coefficient (Wildman–Crippen LogP) is 1.84. The van der Waals surface area contributed by atoms with Crippen molar-refractivity contribution < 1.29 is 4.79 Å². The molecule has 1 amide bonds. The molecular weight excluding hydrogens is 212 g/mol. The highest BCUT2D eigenvalue weighted by Gasteiger charge is 2.43. The van der Waals surface area contributed by atoms with E-state index in [1.54, 1.807) is 6.92 Å². The van der Waals surface area contributed by atoms with Gasteiger partial charge in [-0.3, -0.25) is 4.79 Å². The minimum absolute atomic E-state index is 0.00694. The van der Waals surface area contributed by atoms with Gasteiger partial charge >= 0.3 is 0 Å². The van der Waals surface area contributed by atoms with Gasteiger partial charge in [-0.25, -0.2) is 0 Å². The zero-order chi connectivity index (χ0) is 12.5. The summed E-state index contributed by atoms with van der Waals surface area (Å²) in [6, 6.07) is 8.19. The third-order valence-electron chi connectivity index (χ3n) is 3.74. The fourth-order valence-corrected chi connectivity index (χ4v) is 2.98. The lowest BCUT2D eigenvalue weighted by atomic mass is 9.82. The van der Waals surface area contributed by atoms with E-state index in [1.807, 2.05) is 12.1 Å². The van der Waals surface area contributed by atoms with E-state index in [1.165, 1.54) is 11.1 Å². The number of carbonyl (C=O) groups is 1. The summed E-state index contributed by atoms with van der Waals surface area (Å²) in [5.41, 5.74) is 8.24. The highest BCUT2D eigenvalue weighted by atomic mass is 16.1. The van der Waals surface area contributed by atoms with Crippen molar-refractivity contribution in [3.8, 4) is 0 Å². The van der Waals surface area contributed by atoms with E-state index in [-0.39, 0.29) is 17.5 Å². The lowest BCUT2D eigenvalue weighted by Gasteiger charge is -2.36. The smallest absolute Gasteiger partial charge is 0.217 e.